The number of piperidine rings is 1. The number of nitro groups is 1. The number of rotatable bonds is 5. The van der Waals surface area contributed by atoms with Crippen molar-refractivity contribution in [1.29, 1.82) is 0 Å². The zero-order chi connectivity index (χ0) is 15.4. The maximum Gasteiger partial charge on any atom is 0.311 e. The molecular formula is C15H23N3O3. The summed E-state index contributed by atoms with van der Waals surface area (Å²) in [6, 6.07) is 5.41. The van der Waals surface area contributed by atoms with Crippen LogP contribution in [0, 0.1) is 16.0 Å². The number of likely N-dealkylation sites (tertiary alicyclic amines) is 1. The van der Waals surface area contributed by atoms with E-state index in [-0.39, 0.29) is 11.7 Å². The van der Waals surface area contributed by atoms with Gasteiger partial charge in [0.1, 0.15) is 0 Å². The van der Waals surface area contributed by atoms with Gasteiger partial charge < -0.3 is 10.5 Å². The van der Waals surface area contributed by atoms with Crippen molar-refractivity contribution in [2.45, 2.75) is 32.4 Å². The molecule has 0 aromatic heterocycles. The van der Waals surface area contributed by atoms with Gasteiger partial charge in [-0.2, -0.15) is 0 Å². The minimum Gasteiger partial charge on any atom is -0.490 e. The van der Waals surface area contributed by atoms with Gasteiger partial charge in [0.2, 0.25) is 0 Å². The number of nitrogens with zero attached hydrogens (tertiary/aromatic N) is 2. The molecule has 6 nitrogen and oxygen atoms in total. The molecule has 116 valence electrons. The van der Waals surface area contributed by atoms with Gasteiger partial charge in [0.15, 0.2) is 5.75 Å². The highest BCUT2D eigenvalue weighted by molar-refractivity contribution is 5.48. The predicted octanol–water partition coefficient (Wildman–Crippen LogP) is 2.16. The van der Waals surface area contributed by atoms with Crippen molar-refractivity contribution in [2.24, 2.45) is 11.7 Å². The topological polar surface area (TPSA) is 81.6 Å². The zero-order valence-electron chi connectivity index (χ0n) is 12.6. The lowest BCUT2D eigenvalue weighted by atomic mass is 9.91. The third-order valence-electron chi connectivity index (χ3n) is 4.22. The third-order valence-corrected chi connectivity index (χ3v) is 4.22. The van der Waals surface area contributed by atoms with Crippen LogP contribution in [0.25, 0.3) is 0 Å². The van der Waals surface area contributed by atoms with Crippen LogP contribution in [-0.2, 0) is 6.54 Å². The van der Waals surface area contributed by atoms with E-state index in [0.717, 1.165) is 38.0 Å². The minimum absolute atomic E-state index is 0.0282. The normalized spacial score (nSPS) is 18.4. The molecule has 0 radical (unpaired) electrons. The zero-order valence-corrected chi connectivity index (χ0v) is 12.6. The number of nitrogens with two attached hydrogens (primary N) is 1. The van der Waals surface area contributed by atoms with Gasteiger partial charge in [-0.05, 0) is 50.4 Å². The van der Waals surface area contributed by atoms with E-state index >= 15 is 0 Å². The molecule has 2 N–H and O–H groups in total. The maximum atomic E-state index is 11.0. The summed E-state index contributed by atoms with van der Waals surface area (Å²) in [4.78, 5) is 13.0. The molecule has 0 amide bonds. The molecule has 1 aromatic carbocycles. The van der Waals surface area contributed by atoms with Gasteiger partial charge in [-0.15, -0.1) is 0 Å². The molecule has 21 heavy (non-hydrogen) atoms. The number of hydrogen-bond donors (Lipinski definition) is 1. The first-order valence-corrected chi connectivity index (χ1v) is 7.30. The monoisotopic (exact) mass is 293 g/mol. The first kappa shape index (κ1) is 15.7. The van der Waals surface area contributed by atoms with Crippen molar-refractivity contribution in [3.8, 4) is 5.75 Å². The Kier molecular flexibility index (Phi) is 5.14. The first-order valence-electron chi connectivity index (χ1n) is 7.30. The van der Waals surface area contributed by atoms with Crippen LogP contribution in [0.1, 0.15) is 25.3 Å². The van der Waals surface area contributed by atoms with E-state index in [4.69, 9.17) is 10.5 Å². The minimum atomic E-state index is -0.398. The molecule has 1 saturated heterocycles. The van der Waals surface area contributed by atoms with Crippen molar-refractivity contribution in [3.63, 3.8) is 0 Å². The van der Waals surface area contributed by atoms with Crippen LogP contribution in [0.2, 0.25) is 0 Å². The summed E-state index contributed by atoms with van der Waals surface area (Å²) < 4.78 is 5.02. The second-order valence-corrected chi connectivity index (χ2v) is 5.74. The molecule has 1 fully saturated rings. The molecule has 1 aliphatic rings. The molecule has 2 rings (SSSR count). The van der Waals surface area contributed by atoms with Crippen LogP contribution in [0.5, 0.6) is 5.75 Å². The smallest absolute Gasteiger partial charge is 0.311 e. The molecular weight excluding hydrogens is 270 g/mol. The summed E-state index contributed by atoms with van der Waals surface area (Å²) >= 11 is 0. The van der Waals surface area contributed by atoms with E-state index in [0.29, 0.717) is 11.7 Å². The average molecular weight is 293 g/mol. The number of ether oxygens (including phenoxy) is 1. The molecule has 1 aromatic rings. The highest BCUT2D eigenvalue weighted by Gasteiger charge is 2.22. The molecule has 0 saturated carbocycles. The summed E-state index contributed by atoms with van der Waals surface area (Å²) in [6.45, 7) is 4.78. The SMILES string of the molecule is COc1ccc(CN2CCC(C(C)N)CC2)cc1[N+](=O)[O-]. The summed E-state index contributed by atoms with van der Waals surface area (Å²) in [7, 11) is 1.45. The van der Waals surface area contributed by atoms with Crippen molar-refractivity contribution in [1.82, 2.24) is 4.90 Å². The summed E-state index contributed by atoms with van der Waals surface area (Å²) in [6.07, 6.45) is 2.19. The Labute approximate surface area is 125 Å². The Morgan fingerprint density at radius 1 is 1.48 bits per heavy atom. The van der Waals surface area contributed by atoms with Gasteiger partial charge in [0, 0.05) is 18.7 Å². The van der Waals surface area contributed by atoms with E-state index in [1.807, 2.05) is 6.07 Å². The molecule has 1 atom stereocenters. The molecule has 1 unspecified atom stereocenters. The van der Waals surface area contributed by atoms with Gasteiger partial charge in [-0.3, -0.25) is 15.0 Å². The first-order chi connectivity index (χ1) is 10.0. The second-order valence-electron chi connectivity index (χ2n) is 5.74. The standard InChI is InChI=1S/C15H23N3O3/c1-11(16)13-5-7-17(8-6-13)10-12-3-4-15(21-2)14(9-12)18(19)20/h3-4,9,11,13H,5-8,10,16H2,1-2H3. The number of nitro benzene ring substituents is 1. The number of benzene rings is 1. The maximum absolute atomic E-state index is 11.0. The Bertz CT molecular complexity index is 497. The van der Waals surface area contributed by atoms with E-state index in [1.54, 1.807) is 12.1 Å². The van der Waals surface area contributed by atoms with Crippen LogP contribution in [0.3, 0.4) is 0 Å². The van der Waals surface area contributed by atoms with E-state index in [1.165, 1.54) is 7.11 Å². The predicted molar refractivity (Wildman–Crippen MR) is 81.3 cm³/mol. The van der Waals surface area contributed by atoms with Crippen LogP contribution in [0.15, 0.2) is 18.2 Å². The fourth-order valence-corrected chi connectivity index (χ4v) is 2.87. The summed E-state index contributed by atoms with van der Waals surface area (Å²) in [5.41, 5.74) is 6.92. The van der Waals surface area contributed by atoms with Crippen LogP contribution < -0.4 is 10.5 Å². The second kappa shape index (κ2) is 6.87. The molecule has 0 bridgehead atoms. The summed E-state index contributed by atoms with van der Waals surface area (Å²) in [5, 5.41) is 11.0. The van der Waals surface area contributed by atoms with E-state index < -0.39 is 4.92 Å². The molecule has 0 spiro atoms. The fourth-order valence-electron chi connectivity index (χ4n) is 2.87. The third kappa shape index (κ3) is 3.92. The van der Waals surface area contributed by atoms with Crippen LogP contribution in [-0.4, -0.2) is 36.1 Å². The lowest BCUT2D eigenvalue weighted by Crippen LogP contribution is -2.39. The van der Waals surface area contributed by atoms with Crippen molar-refractivity contribution < 1.29 is 9.66 Å². The van der Waals surface area contributed by atoms with Crippen molar-refractivity contribution >= 4 is 5.69 Å². The van der Waals surface area contributed by atoms with Crippen molar-refractivity contribution in [3.05, 3.63) is 33.9 Å². The van der Waals surface area contributed by atoms with E-state index in [2.05, 4.69) is 11.8 Å². The lowest BCUT2D eigenvalue weighted by molar-refractivity contribution is -0.385. The molecule has 1 heterocycles. The highest BCUT2D eigenvalue weighted by atomic mass is 16.6. The number of methoxy groups -OCH3 is 1. The van der Waals surface area contributed by atoms with Gasteiger partial charge in [-0.25, -0.2) is 0 Å². The number of hydrogen-bond acceptors (Lipinski definition) is 5. The lowest BCUT2D eigenvalue weighted by Gasteiger charge is -2.33. The van der Waals surface area contributed by atoms with Gasteiger partial charge >= 0.3 is 5.69 Å². The van der Waals surface area contributed by atoms with Gasteiger partial charge in [-0.1, -0.05) is 6.07 Å². The quantitative estimate of drug-likeness (QED) is 0.664. The molecule has 0 aliphatic carbocycles. The Balaban J connectivity index is 2.01. The fraction of sp³-hybridized carbons (Fsp3) is 0.600. The summed E-state index contributed by atoms with van der Waals surface area (Å²) in [5.74, 6) is 0.894. The van der Waals surface area contributed by atoms with Crippen molar-refractivity contribution in [2.75, 3.05) is 20.2 Å². The Hall–Kier alpha value is -1.66. The Morgan fingerprint density at radius 3 is 2.67 bits per heavy atom. The van der Waals surface area contributed by atoms with E-state index in [9.17, 15) is 10.1 Å². The molecule has 1 aliphatic heterocycles. The van der Waals surface area contributed by atoms with Crippen LogP contribution >= 0.6 is 0 Å². The molecule has 6 heteroatoms. The van der Waals surface area contributed by atoms with Gasteiger partial charge in [0.25, 0.3) is 0 Å². The van der Waals surface area contributed by atoms with Crippen LogP contribution in [0.4, 0.5) is 5.69 Å². The highest BCUT2D eigenvalue weighted by Crippen LogP contribution is 2.29. The largest absolute Gasteiger partial charge is 0.490 e. The van der Waals surface area contributed by atoms with Gasteiger partial charge in [0.05, 0.1) is 12.0 Å². The Morgan fingerprint density at radius 2 is 2.14 bits per heavy atom. The average Bonchev–Trinajstić information content (AvgIpc) is 2.47.